The number of alkyl halides is 1. The Hall–Kier alpha value is -1.15. The second kappa shape index (κ2) is 4.79. The van der Waals surface area contributed by atoms with Gasteiger partial charge in [-0.3, -0.25) is 0 Å². The highest BCUT2D eigenvalue weighted by molar-refractivity contribution is 9.08. The summed E-state index contributed by atoms with van der Waals surface area (Å²) < 4.78 is 13.1. The molecule has 0 aliphatic rings. The van der Waals surface area contributed by atoms with Gasteiger partial charge in [-0.2, -0.15) is 0 Å². The van der Waals surface area contributed by atoms with E-state index in [9.17, 15) is 4.39 Å². The third-order valence-electron chi connectivity index (χ3n) is 2.57. The second-order valence-corrected chi connectivity index (χ2v) is 4.36. The van der Waals surface area contributed by atoms with E-state index in [0.29, 0.717) is 5.33 Å². The van der Waals surface area contributed by atoms with Crippen molar-refractivity contribution in [3.63, 3.8) is 0 Å². The van der Waals surface area contributed by atoms with Crippen molar-refractivity contribution in [2.75, 3.05) is 0 Å². The van der Waals surface area contributed by atoms with E-state index >= 15 is 0 Å². The summed E-state index contributed by atoms with van der Waals surface area (Å²) in [4.78, 5) is 0. The predicted molar refractivity (Wildman–Crippen MR) is 69.2 cm³/mol. The first-order chi connectivity index (χ1) is 7.70. The van der Waals surface area contributed by atoms with Crippen molar-refractivity contribution >= 4 is 15.9 Å². The average Bonchev–Trinajstić information content (AvgIpc) is 2.30. The fourth-order valence-corrected chi connectivity index (χ4v) is 2.15. The van der Waals surface area contributed by atoms with Gasteiger partial charge in [0.2, 0.25) is 0 Å². The van der Waals surface area contributed by atoms with Gasteiger partial charge in [-0.15, -0.1) is 0 Å². The molecule has 82 valence electrons. The van der Waals surface area contributed by atoms with Crippen LogP contribution in [0.15, 0.2) is 42.5 Å². The average molecular weight is 279 g/mol. The molecule has 0 spiro atoms. The number of hydrogen-bond donors (Lipinski definition) is 0. The number of rotatable bonds is 2. The quantitative estimate of drug-likeness (QED) is 0.699. The van der Waals surface area contributed by atoms with Crippen molar-refractivity contribution in [3.8, 4) is 11.1 Å². The summed E-state index contributed by atoms with van der Waals surface area (Å²) in [5.74, 6) is -0.190. The summed E-state index contributed by atoms with van der Waals surface area (Å²) in [5, 5.41) is 0.661. The van der Waals surface area contributed by atoms with Gasteiger partial charge < -0.3 is 0 Å². The van der Waals surface area contributed by atoms with Crippen molar-refractivity contribution in [3.05, 3.63) is 59.4 Å². The Morgan fingerprint density at radius 3 is 2.38 bits per heavy atom. The van der Waals surface area contributed by atoms with Crippen LogP contribution in [0.25, 0.3) is 11.1 Å². The van der Waals surface area contributed by atoms with E-state index in [0.717, 1.165) is 16.7 Å². The van der Waals surface area contributed by atoms with E-state index < -0.39 is 0 Å². The molecule has 0 aromatic heterocycles. The largest absolute Gasteiger partial charge is 0.207 e. The van der Waals surface area contributed by atoms with Gasteiger partial charge in [0.15, 0.2) is 0 Å². The minimum atomic E-state index is -0.190. The lowest BCUT2D eigenvalue weighted by Crippen LogP contribution is -1.88. The summed E-state index contributed by atoms with van der Waals surface area (Å²) in [6.07, 6.45) is 0. The van der Waals surface area contributed by atoms with Crippen LogP contribution in [0.2, 0.25) is 0 Å². The highest BCUT2D eigenvalue weighted by Gasteiger charge is 2.05. The first-order valence-corrected chi connectivity index (χ1v) is 6.24. The zero-order valence-corrected chi connectivity index (χ0v) is 10.6. The molecule has 0 saturated heterocycles. The van der Waals surface area contributed by atoms with Crippen molar-refractivity contribution in [2.45, 2.75) is 12.3 Å². The van der Waals surface area contributed by atoms with Gasteiger partial charge in [0.1, 0.15) is 5.82 Å². The molecule has 0 fully saturated rings. The summed E-state index contributed by atoms with van der Waals surface area (Å²) >= 11 is 3.39. The highest BCUT2D eigenvalue weighted by Crippen LogP contribution is 2.26. The molecule has 0 heterocycles. The zero-order chi connectivity index (χ0) is 11.5. The van der Waals surface area contributed by atoms with Gasteiger partial charge in [-0.05, 0) is 35.7 Å². The van der Waals surface area contributed by atoms with E-state index in [1.165, 1.54) is 11.6 Å². The molecular formula is C14H12BrF. The first kappa shape index (κ1) is 11.3. The molecule has 2 heteroatoms. The van der Waals surface area contributed by atoms with Crippen LogP contribution in [0, 0.1) is 12.7 Å². The minimum absolute atomic E-state index is 0.190. The molecule has 2 rings (SSSR count). The minimum Gasteiger partial charge on any atom is -0.207 e. The monoisotopic (exact) mass is 278 g/mol. The van der Waals surface area contributed by atoms with Crippen LogP contribution in [0.3, 0.4) is 0 Å². The van der Waals surface area contributed by atoms with Gasteiger partial charge in [0, 0.05) is 5.33 Å². The molecule has 2 aromatic carbocycles. The van der Waals surface area contributed by atoms with E-state index in [1.54, 1.807) is 6.07 Å². The predicted octanol–water partition coefficient (Wildman–Crippen LogP) is 4.70. The number of hydrogen-bond acceptors (Lipinski definition) is 0. The molecule has 0 aliphatic heterocycles. The molecule has 0 radical (unpaired) electrons. The Labute approximate surface area is 103 Å². The Kier molecular flexibility index (Phi) is 3.39. The molecular weight excluding hydrogens is 267 g/mol. The maximum Gasteiger partial charge on any atom is 0.123 e. The molecule has 0 bridgehead atoms. The van der Waals surface area contributed by atoms with Crippen molar-refractivity contribution < 1.29 is 4.39 Å². The fourth-order valence-electron chi connectivity index (χ4n) is 1.69. The van der Waals surface area contributed by atoms with Crippen LogP contribution < -0.4 is 0 Å². The molecule has 0 saturated carbocycles. The number of aryl methyl sites for hydroxylation is 1. The topological polar surface area (TPSA) is 0 Å². The third kappa shape index (κ3) is 2.33. The highest BCUT2D eigenvalue weighted by atomic mass is 79.9. The lowest BCUT2D eigenvalue weighted by Gasteiger charge is -2.08. The molecule has 16 heavy (non-hydrogen) atoms. The smallest absolute Gasteiger partial charge is 0.123 e. The Morgan fingerprint density at radius 1 is 1.06 bits per heavy atom. The van der Waals surface area contributed by atoms with Gasteiger partial charge in [-0.1, -0.05) is 51.8 Å². The van der Waals surface area contributed by atoms with E-state index in [4.69, 9.17) is 0 Å². The zero-order valence-electron chi connectivity index (χ0n) is 9.00. The Balaban J connectivity index is 2.51. The van der Waals surface area contributed by atoms with Gasteiger partial charge >= 0.3 is 0 Å². The standard InChI is InChI=1S/C14H12BrF/c1-10-2-4-11(5-3-10)14-7-6-13(16)8-12(14)9-15/h2-8H,9H2,1H3. The molecule has 0 aliphatic carbocycles. The number of halogens is 2. The number of benzene rings is 2. The SMILES string of the molecule is Cc1ccc(-c2ccc(F)cc2CBr)cc1. The van der Waals surface area contributed by atoms with E-state index in [-0.39, 0.29) is 5.82 Å². The van der Waals surface area contributed by atoms with Crippen LogP contribution >= 0.6 is 15.9 Å². The second-order valence-electron chi connectivity index (χ2n) is 3.80. The van der Waals surface area contributed by atoms with E-state index in [1.807, 2.05) is 6.07 Å². The van der Waals surface area contributed by atoms with E-state index in [2.05, 4.69) is 47.1 Å². The van der Waals surface area contributed by atoms with Crippen LogP contribution in [0.5, 0.6) is 0 Å². The molecule has 0 N–H and O–H groups in total. The summed E-state index contributed by atoms with van der Waals surface area (Å²) in [5.41, 5.74) is 4.41. The molecule has 0 nitrogen and oxygen atoms in total. The Morgan fingerprint density at radius 2 is 1.75 bits per heavy atom. The maximum atomic E-state index is 13.1. The normalized spacial score (nSPS) is 10.4. The van der Waals surface area contributed by atoms with Crippen molar-refractivity contribution in [1.29, 1.82) is 0 Å². The summed E-state index contributed by atoms with van der Waals surface area (Å²) in [7, 11) is 0. The van der Waals surface area contributed by atoms with Crippen LogP contribution in [0.4, 0.5) is 4.39 Å². The van der Waals surface area contributed by atoms with Crippen LogP contribution in [-0.4, -0.2) is 0 Å². The van der Waals surface area contributed by atoms with Crippen molar-refractivity contribution in [1.82, 2.24) is 0 Å². The Bertz CT molecular complexity index is 489. The molecule has 2 aromatic rings. The third-order valence-corrected chi connectivity index (χ3v) is 3.18. The molecule has 0 unspecified atom stereocenters. The lowest BCUT2D eigenvalue weighted by molar-refractivity contribution is 0.627. The maximum absolute atomic E-state index is 13.1. The van der Waals surface area contributed by atoms with Crippen molar-refractivity contribution in [2.24, 2.45) is 0 Å². The van der Waals surface area contributed by atoms with Crippen LogP contribution in [-0.2, 0) is 5.33 Å². The van der Waals surface area contributed by atoms with Gasteiger partial charge in [-0.25, -0.2) is 4.39 Å². The first-order valence-electron chi connectivity index (χ1n) is 5.12. The molecule has 0 amide bonds. The van der Waals surface area contributed by atoms with Crippen LogP contribution in [0.1, 0.15) is 11.1 Å². The van der Waals surface area contributed by atoms with Gasteiger partial charge in [0.05, 0.1) is 0 Å². The fraction of sp³-hybridized carbons (Fsp3) is 0.143. The lowest BCUT2D eigenvalue weighted by atomic mass is 10.00. The van der Waals surface area contributed by atoms with Gasteiger partial charge in [0.25, 0.3) is 0 Å². The summed E-state index contributed by atoms with van der Waals surface area (Å²) in [6, 6.07) is 13.2. The molecule has 0 atom stereocenters. The summed E-state index contributed by atoms with van der Waals surface area (Å²) in [6.45, 7) is 2.06.